The van der Waals surface area contributed by atoms with Crippen LogP contribution in [0.2, 0.25) is 0 Å². The molecule has 0 bridgehead atoms. The summed E-state index contributed by atoms with van der Waals surface area (Å²) < 4.78 is 5.73. The SMILES string of the molecule is CCC(=O)c1ccc(Oc2ccc(SC)cc2)cc1. The number of hydrogen-bond donors (Lipinski definition) is 0. The first-order valence-electron chi connectivity index (χ1n) is 6.18. The maximum absolute atomic E-state index is 11.5. The van der Waals surface area contributed by atoms with E-state index in [0.29, 0.717) is 6.42 Å². The highest BCUT2D eigenvalue weighted by molar-refractivity contribution is 7.98. The van der Waals surface area contributed by atoms with Gasteiger partial charge in [-0.05, 0) is 54.8 Å². The molecule has 0 aromatic heterocycles. The largest absolute Gasteiger partial charge is 0.457 e. The summed E-state index contributed by atoms with van der Waals surface area (Å²) in [6.45, 7) is 1.86. The lowest BCUT2D eigenvalue weighted by molar-refractivity contribution is 0.0988. The van der Waals surface area contributed by atoms with Gasteiger partial charge in [0.05, 0.1) is 0 Å². The number of benzene rings is 2. The second-order valence-electron chi connectivity index (χ2n) is 4.08. The standard InChI is InChI=1S/C16H16O2S/c1-3-16(17)12-4-6-13(7-5-12)18-14-8-10-15(19-2)11-9-14/h4-11H,3H2,1-2H3. The number of carbonyl (C=O) groups is 1. The zero-order valence-electron chi connectivity index (χ0n) is 11.1. The number of thioether (sulfide) groups is 1. The number of ketones is 1. The van der Waals surface area contributed by atoms with E-state index in [1.54, 1.807) is 23.9 Å². The highest BCUT2D eigenvalue weighted by Crippen LogP contribution is 2.24. The third-order valence-corrected chi connectivity index (χ3v) is 3.54. The zero-order chi connectivity index (χ0) is 13.7. The third kappa shape index (κ3) is 3.61. The van der Waals surface area contributed by atoms with Crippen LogP contribution in [0.15, 0.2) is 53.4 Å². The van der Waals surface area contributed by atoms with E-state index in [1.807, 2.05) is 49.6 Å². The Hall–Kier alpha value is -1.74. The number of rotatable bonds is 5. The number of ether oxygens (including phenoxy) is 1. The summed E-state index contributed by atoms with van der Waals surface area (Å²) in [6.07, 6.45) is 2.57. The van der Waals surface area contributed by atoms with Crippen molar-refractivity contribution in [3.05, 3.63) is 54.1 Å². The van der Waals surface area contributed by atoms with Crippen LogP contribution in [0, 0.1) is 0 Å². The molecule has 0 amide bonds. The average molecular weight is 272 g/mol. The molecule has 3 heteroatoms. The van der Waals surface area contributed by atoms with Gasteiger partial charge in [0, 0.05) is 16.9 Å². The Balaban J connectivity index is 2.08. The molecular formula is C16H16O2S. The van der Waals surface area contributed by atoms with Crippen molar-refractivity contribution in [3.63, 3.8) is 0 Å². The lowest BCUT2D eigenvalue weighted by Crippen LogP contribution is -1.95. The van der Waals surface area contributed by atoms with Gasteiger partial charge in [-0.25, -0.2) is 0 Å². The first-order valence-corrected chi connectivity index (χ1v) is 7.40. The lowest BCUT2D eigenvalue weighted by Gasteiger charge is -2.07. The Morgan fingerprint density at radius 3 is 2.00 bits per heavy atom. The van der Waals surface area contributed by atoms with Gasteiger partial charge in [-0.15, -0.1) is 11.8 Å². The van der Waals surface area contributed by atoms with Gasteiger partial charge in [0.2, 0.25) is 0 Å². The fourth-order valence-electron chi connectivity index (χ4n) is 1.69. The predicted molar refractivity (Wildman–Crippen MR) is 79.4 cm³/mol. The summed E-state index contributed by atoms with van der Waals surface area (Å²) in [7, 11) is 0. The smallest absolute Gasteiger partial charge is 0.162 e. The molecule has 0 aliphatic carbocycles. The van der Waals surface area contributed by atoms with Crippen LogP contribution in [-0.4, -0.2) is 12.0 Å². The first-order chi connectivity index (χ1) is 9.22. The summed E-state index contributed by atoms with van der Waals surface area (Å²) in [6, 6.07) is 15.2. The maximum Gasteiger partial charge on any atom is 0.162 e. The molecule has 98 valence electrons. The lowest BCUT2D eigenvalue weighted by atomic mass is 10.1. The van der Waals surface area contributed by atoms with Gasteiger partial charge in [0.15, 0.2) is 5.78 Å². The summed E-state index contributed by atoms with van der Waals surface area (Å²) >= 11 is 1.70. The van der Waals surface area contributed by atoms with Gasteiger partial charge >= 0.3 is 0 Å². The van der Waals surface area contributed by atoms with E-state index in [4.69, 9.17) is 4.74 Å². The van der Waals surface area contributed by atoms with Crippen LogP contribution in [-0.2, 0) is 0 Å². The molecule has 0 unspecified atom stereocenters. The minimum absolute atomic E-state index is 0.149. The normalized spacial score (nSPS) is 10.2. The molecule has 0 spiro atoms. The van der Waals surface area contributed by atoms with Crippen molar-refractivity contribution >= 4 is 17.5 Å². The third-order valence-electron chi connectivity index (χ3n) is 2.79. The van der Waals surface area contributed by atoms with Crippen LogP contribution in [0.25, 0.3) is 0 Å². The van der Waals surface area contributed by atoms with Gasteiger partial charge in [0.1, 0.15) is 11.5 Å². The van der Waals surface area contributed by atoms with E-state index in [1.165, 1.54) is 4.90 Å². The van der Waals surface area contributed by atoms with Crippen LogP contribution >= 0.6 is 11.8 Å². The summed E-state index contributed by atoms with van der Waals surface area (Å²) in [4.78, 5) is 12.7. The quantitative estimate of drug-likeness (QED) is 0.578. The van der Waals surface area contributed by atoms with Gasteiger partial charge in [-0.2, -0.15) is 0 Å². The monoisotopic (exact) mass is 272 g/mol. The van der Waals surface area contributed by atoms with Crippen molar-refractivity contribution in [1.29, 1.82) is 0 Å². The second-order valence-corrected chi connectivity index (χ2v) is 4.96. The Labute approximate surface area is 117 Å². The minimum Gasteiger partial charge on any atom is -0.457 e. The first kappa shape index (κ1) is 13.7. The molecular weight excluding hydrogens is 256 g/mol. The van der Waals surface area contributed by atoms with Crippen LogP contribution in [0.1, 0.15) is 23.7 Å². The molecule has 0 N–H and O–H groups in total. The van der Waals surface area contributed by atoms with E-state index in [9.17, 15) is 4.79 Å². The molecule has 0 radical (unpaired) electrons. The molecule has 0 aliphatic heterocycles. The van der Waals surface area contributed by atoms with Gasteiger partial charge in [-0.3, -0.25) is 4.79 Å². The van der Waals surface area contributed by atoms with Crippen LogP contribution in [0.3, 0.4) is 0 Å². The van der Waals surface area contributed by atoms with Crippen molar-refractivity contribution in [3.8, 4) is 11.5 Å². The van der Waals surface area contributed by atoms with E-state index >= 15 is 0 Å². The van der Waals surface area contributed by atoms with Crippen LogP contribution in [0.5, 0.6) is 11.5 Å². The topological polar surface area (TPSA) is 26.3 Å². The summed E-state index contributed by atoms with van der Waals surface area (Å²) in [5, 5.41) is 0. The fraction of sp³-hybridized carbons (Fsp3) is 0.188. The van der Waals surface area contributed by atoms with Crippen molar-refractivity contribution in [2.75, 3.05) is 6.26 Å². The van der Waals surface area contributed by atoms with E-state index in [-0.39, 0.29) is 5.78 Å². The minimum atomic E-state index is 0.149. The Kier molecular flexibility index (Phi) is 4.63. The predicted octanol–water partition coefficient (Wildman–Crippen LogP) is 4.79. The summed E-state index contributed by atoms with van der Waals surface area (Å²) in [5.74, 6) is 1.69. The van der Waals surface area contributed by atoms with E-state index in [0.717, 1.165) is 17.1 Å². The molecule has 2 aromatic carbocycles. The van der Waals surface area contributed by atoms with Gasteiger partial charge < -0.3 is 4.74 Å². The molecule has 2 nitrogen and oxygen atoms in total. The van der Waals surface area contributed by atoms with Crippen molar-refractivity contribution in [1.82, 2.24) is 0 Å². The van der Waals surface area contributed by atoms with E-state index < -0.39 is 0 Å². The van der Waals surface area contributed by atoms with Gasteiger partial charge in [0.25, 0.3) is 0 Å². The Morgan fingerprint density at radius 1 is 1.00 bits per heavy atom. The second kappa shape index (κ2) is 6.43. The zero-order valence-corrected chi connectivity index (χ0v) is 11.9. The highest BCUT2D eigenvalue weighted by Gasteiger charge is 2.03. The van der Waals surface area contributed by atoms with E-state index in [2.05, 4.69) is 0 Å². The molecule has 0 saturated heterocycles. The molecule has 0 aliphatic rings. The molecule has 0 fully saturated rings. The number of Topliss-reactive ketones (excluding diaryl/α,β-unsaturated/α-hetero) is 1. The molecule has 2 rings (SSSR count). The van der Waals surface area contributed by atoms with Crippen molar-refractivity contribution in [2.24, 2.45) is 0 Å². The highest BCUT2D eigenvalue weighted by atomic mass is 32.2. The number of hydrogen-bond acceptors (Lipinski definition) is 3. The molecule has 0 atom stereocenters. The Morgan fingerprint density at radius 2 is 1.53 bits per heavy atom. The molecule has 2 aromatic rings. The summed E-state index contributed by atoms with van der Waals surface area (Å²) in [5.41, 5.74) is 0.729. The molecule has 0 heterocycles. The maximum atomic E-state index is 11.5. The van der Waals surface area contributed by atoms with Crippen molar-refractivity contribution in [2.45, 2.75) is 18.2 Å². The number of carbonyl (C=O) groups excluding carboxylic acids is 1. The average Bonchev–Trinajstić information content (AvgIpc) is 2.48. The fourth-order valence-corrected chi connectivity index (χ4v) is 2.10. The molecule has 0 saturated carbocycles. The van der Waals surface area contributed by atoms with Gasteiger partial charge in [-0.1, -0.05) is 6.92 Å². The van der Waals surface area contributed by atoms with Crippen molar-refractivity contribution < 1.29 is 9.53 Å². The molecule has 19 heavy (non-hydrogen) atoms. The Bertz CT molecular complexity index is 544. The van der Waals surface area contributed by atoms with Crippen LogP contribution in [0.4, 0.5) is 0 Å². The van der Waals surface area contributed by atoms with Crippen LogP contribution < -0.4 is 4.74 Å².